The van der Waals surface area contributed by atoms with E-state index in [1.54, 1.807) is 12.1 Å². The van der Waals surface area contributed by atoms with Crippen molar-refractivity contribution in [2.45, 2.75) is 6.61 Å². The fraction of sp³-hybridized carbons (Fsp3) is 0.0370. The van der Waals surface area contributed by atoms with Crippen LogP contribution in [0.1, 0.15) is 11.1 Å². The number of nitrogens with one attached hydrogen (secondary N) is 1. The molecule has 1 fully saturated rings. The molecule has 1 N–H and O–H groups in total. The van der Waals surface area contributed by atoms with E-state index in [-0.39, 0.29) is 11.7 Å². The van der Waals surface area contributed by atoms with E-state index in [2.05, 4.69) is 26.2 Å². The Hall–Kier alpha value is -3.42. The third-order valence-corrected chi connectivity index (χ3v) is 6.66. The highest BCUT2D eigenvalue weighted by Gasteiger charge is 2.25. The van der Waals surface area contributed by atoms with E-state index in [1.165, 1.54) is 23.9 Å². The average molecular weight is 533 g/mol. The molecular weight excluding hydrogens is 515 g/mol. The Morgan fingerprint density at radius 3 is 2.53 bits per heavy atom. The number of hydrogen-bond donors (Lipinski definition) is 1. The highest BCUT2D eigenvalue weighted by atomic mass is 79.9. The zero-order valence-electron chi connectivity index (χ0n) is 17.8. The maximum atomic E-state index is 13.2. The van der Waals surface area contributed by atoms with Crippen molar-refractivity contribution in [2.75, 3.05) is 0 Å². The number of carbonyl (C=O) groups is 1. The summed E-state index contributed by atoms with van der Waals surface area (Å²) < 4.78 is 20.4. The number of nitrogens with zero attached hydrogens (tertiary/aromatic N) is 1. The van der Waals surface area contributed by atoms with Crippen LogP contribution in [0.15, 0.2) is 99.3 Å². The molecule has 1 amide bonds. The number of carbonyl (C=O) groups excluding carboxylic acids is 1. The van der Waals surface area contributed by atoms with Gasteiger partial charge in [-0.25, -0.2) is 9.38 Å². The standard InChI is InChI=1S/C27H18BrFN2O2S/c28-19-8-5-17(6-9-19)16-33-24-14-7-18-3-1-2-4-22(18)23(24)15-25-26(32)31-27(34-25)30-21-12-10-20(29)11-13-21/h1-15H,16H2,(H,30,31,32)/b25-15+. The van der Waals surface area contributed by atoms with E-state index in [0.717, 1.165) is 26.4 Å². The van der Waals surface area contributed by atoms with Gasteiger partial charge in [-0.2, -0.15) is 0 Å². The molecule has 0 aliphatic carbocycles. The van der Waals surface area contributed by atoms with Crippen LogP contribution in [-0.2, 0) is 11.4 Å². The molecule has 0 atom stereocenters. The van der Waals surface area contributed by atoms with Crippen LogP contribution in [0.4, 0.5) is 10.1 Å². The molecule has 1 aliphatic rings. The van der Waals surface area contributed by atoms with Crippen molar-refractivity contribution in [1.82, 2.24) is 5.32 Å². The second kappa shape index (κ2) is 9.83. The summed E-state index contributed by atoms with van der Waals surface area (Å²) >= 11 is 4.69. The quantitative estimate of drug-likeness (QED) is 0.276. The first-order valence-corrected chi connectivity index (χ1v) is 12.1. The van der Waals surface area contributed by atoms with Gasteiger partial charge < -0.3 is 10.1 Å². The van der Waals surface area contributed by atoms with Gasteiger partial charge in [0.25, 0.3) is 5.91 Å². The smallest absolute Gasteiger partial charge is 0.264 e. The predicted molar refractivity (Wildman–Crippen MR) is 140 cm³/mol. The fourth-order valence-corrected chi connectivity index (χ4v) is 4.62. The second-order valence-electron chi connectivity index (χ2n) is 7.57. The molecule has 5 rings (SSSR count). The molecule has 1 aliphatic heterocycles. The lowest BCUT2D eigenvalue weighted by atomic mass is 10.0. The van der Waals surface area contributed by atoms with Crippen molar-refractivity contribution in [1.29, 1.82) is 0 Å². The second-order valence-corrected chi connectivity index (χ2v) is 9.52. The van der Waals surface area contributed by atoms with Crippen molar-refractivity contribution >= 4 is 61.3 Å². The zero-order chi connectivity index (χ0) is 23.5. The number of aliphatic imine (C=N–C) groups is 1. The number of amidine groups is 1. The van der Waals surface area contributed by atoms with Crippen LogP contribution >= 0.6 is 27.7 Å². The van der Waals surface area contributed by atoms with Gasteiger partial charge >= 0.3 is 0 Å². The third-order valence-electron chi connectivity index (χ3n) is 5.22. The fourth-order valence-electron chi connectivity index (χ4n) is 3.54. The van der Waals surface area contributed by atoms with E-state index >= 15 is 0 Å². The first-order chi connectivity index (χ1) is 16.5. The van der Waals surface area contributed by atoms with Gasteiger partial charge in [0.15, 0.2) is 5.17 Å². The SMILES string of the molecule is O=C1NC(=Nc2ccc(F)cc2)S/C1=C/c1c(OCc2ccc(Br)cc2)ccc2ccccc12. The summed E-state index contributed by atoms with van der Waals surface area (Å²) in [5.41, 5.74) is 2.43. The number of rotatable bonds is 5. The number of thioether (sulfide) groups is 1. The Bertz CT molecular complexity index is 1430. The molecule has 0 spiro atoms. The maximum Gasteiger partial charge on any atom is 0.264 e. The van der Waals surface area contributed by atoms with Crippen LogP contribution in [-0.4, -0.2) is 11.1 Å². The normalized spacial score (nSPS) is 15.8. The molecule has 4 aromatic rings. The monoisotopic (exact) mass is 532 g/mol. The largest absolute Gasteiger partial charge is 0.488 e. The summed E-state index contributed by atoms with van der Waals surface area (Å²) in [6.07, 6.45) is 1.84. The molecule has 34 heavy (non-hydrogen) atoms. The Balaban J connectivity index is 1.47. The minimum Gasteiger partial charge on any atom is -0.488 e. The Labute approximate surface area is 208 Å². The molecule has 4 aromatic carbocycles. The summed E-state index contributed by atoms with van der Waals surface area (Å²) in [6, 6.07) is 25.7. The number of amides is 1. The van der Waals surface area contributed by atoms with Crippen molar-refractivity contribution in [3.05, 3.63) is 111 Å². The molecule has 4 nitrogen and oxygen atoms in total. The molecule has 7 heteroatoms. The topological polar surface area (TPSA) is 50.7 Å². The van der Waals surface area contributed by atoms with Crippen LogP contribution in [0.25, 0.3) is 16.8 Å². The molecule has 1 saturated heterocycles. The summed E-state index contributed by atoms with van der Waals surface area (Å²) in [5, 5.41) is 5.27. The van der Waals surface area contributed by atoms with Crippen LogP contribution in [0, 0.1) is 5.82 Å². The van der Waals surface area contributed by atoms with Gasteiger partial charge in [-0.1, -0.05) is 58.4 Å². The third kappa shape index (κ3) is 5.05. The summed E-state index contributed by atoms with van der Waals surface area (Å²) in [4.78, 5) is 17.6. The average Bonchev–Trinajstić information content (AvgIpc) is 3.19. The lowest BCUT2D eigenvalue weighted by Crippen LogP contribution is -2.19. The van der Waals surface area contributed by atoms with Crippen molar-refractivity contribution in [2.24, 2.45) is 4.99 Å². The van der Waals surface area contributed by atoms with Crippen LogP contribution < -0.4 is 10.1 Å². The van der Waals surface area contributed by atoms with Crippen molar-refractivity contribution < 1.29 is 13.9 Å². The zero-order valence-corrected chi connectivity index (χ0v) is 20.2. The van der Waals surface area contributed by atoms with Gasteiger partial charge in [0.2, 0.25) is 0 Å². The number of hydrogen-bond acceptors (Lipinski definition) is 4. The molecule has 0 aromatic heterocycles. The Morgan fingerprint density at radius 2 is 1.74 bits per heavy atom. The van der Waals surface area contributed by atoms with E-state index < -0.39 is 0 Å². The Morgan fingerprint density at radius 1 is 0.971 bits per heavy atom. The van der Waals surface area contributed by atoms with E-state index in [4.69, 9.17) is 4.74 Å². The van der Waals surface area contributed by atoms with Gasteiger partial charge in [-0.15, -0.1) is 0 Å². The highest BCUT2D eigenvalue weighted by Crippen LogP contribution is 2.35. The van der Waals surface area contributed by atoms with Gasteiger partial charge in [-0.3, -0.25) is 4.79 Å². The first-order valence-electron chi connectivity index (χ1n) is 10.5. The van der Waals surface area contributed by atoms with E-state index in [9.17, 15) is 9.18 Å². The van der Waals surface area contributed by atoms with Gasteiger partial charge in [-0.05, 0) is 76.6 Å². The van der Waals surface area contributed by atoms with Gasteiger partial charge in [0, 0.05) is 10.0 Å². The van der Waals surface area contributed by atoms with Crippen molar-refractivity contribution in [3.63, 3.8) is 0 Å². The molecule has 0 radical (unpaired) electrons. The summed E-state index contributed by atoms with van der Waals surface area (Å²) in [6.45, 7) is 0.401. The molecule has 1 heterocycles. The van der Waals surface area contributed by atoms with Crippen LogP contribution in [0.2, 0.25) is 0 Å². The molecular formula is C27H18BrFN2O2S. The van der Waals surface area contributed by atoms with Crippen molar-refractivity contribution in [3.8, 4) is 5.75 Å². The van der Waals surface area contributed by atoms with E-state index in [0.29, 0.717) is 28.1 Å². The minimum atomic E-state index is -0.334. The molecule has 0 unspecified atom stereocenters. The minimum absolute atomic E-state index is 0.238. The lowest BCUT2D eigenvalue weighted by molar-refractivity contribution is -0.115. The van der Waals surface area contributed by atoms with E-state index in [1.807, 2.05) is 66.7 Å². The number of fused-ring (bicyclic) bond motifs is 1. The van der Waals surface area contributed by atoms with Gasteiger partial charge in [0.1, 0.15) is 18.2 Å². The van der Waals surface area contributed by atoms with Gasteiger partial charge in [0.05, 0.1) is 10.6 Å². The number of benzene rings is 4. The van der Waals surface area contributed by atoms with Crippen LogP contribution in [0.3, 0.4) is 0 Å². The van der Waals surface area contributed by atoms with Crippen LogP contribution in [0.5, 0.6) is 5.75 Å². The first kappa shape index (κ1) is 22.4. The Kier molecular flexibility index (Phi) is 6.47. The summed E-state index contributed by atoms with van der Waals surface area (Å²) in [5.74, 6) is 0.114. The highest BCUT2D eigenvalue weighted by molar-refractivity contribution is 9.10. The predicted octanol–water partition coefficient (Wildman–Crippen LogP) is 7.21. The lowest BCUT2D eigenvalue weighted by Gasteiger charge is -2.13. The maximum absolute atomic E-state index is 13.2. The molecule has 0 bridgehead atoms. The summed E-state index contributed by atoms with van der Waals surface area (Å²) in [7, 11) is 0. The molecule has 0 saturated carbocycles. The number of ether oxygens (including phenoxy) is 1. The number of halogens is 2. The molecule has 168 valence electrons.